The van der Waals surface area contributed by atoms with Gasteiger partial charge in [0.2, 0.25) is 5.78 Å². The molecule has 1 aromatic rings. The van der Waals surface area contributed by atoms with Gasteiger partial charge >= 0.3 is 0 Å². The molecule has 0 saturated heterocycles. The van der Waals surface area contributed by atoms with E-state index in [-0.39, 0.29) is 5.78 Å². The van der Waals surface area contributed by atoms with Crippen molar-refractivity contribution in [2.75, 3.05) is 6.61 Å². The summed E-state index contributed by atoms with van der Waals surface area (Å²) in [4.78, 5) is 13.9. The fraction of sp³-hybridized carbons (Fsp3) is 0.438. The van der Waals surface area contributed by atoms with E-state index in [1.807, 2.05) is 25.1 Å². The molecule has 0 aromatic heterocycles. The predicted molar refractivity (Wildman–Crippen MR) is 77.7 cm³/mol. The second kappa shape index (κ2) is 5.26. The lowest BCUT2D eigenvalue weighted by molar-refractivity contribution is -0.140. The van der Waals surface area contributed by atoms with E-state index in [2.05, 4.69) is 0 Å². The van der Waals surface area contributed by atoms with E-state index in [4.69, 9.17) is 4.74 Å². The Morgan fingerprint density at radius 3 is 2.45 bits per heavy atom. The molecule has 0 N–H and O–H groups in total. The molecule has 1 aliphatic carbocycles. The third-order valence-corrected chi connectivity index (χ3v) is 5.73. The molecule has 0 amide bonds. The van der Waals surface area contributed by atoms with Crippen molar-refractivity contribution >= 4 is 16.6 Å². The van der Waals surface area contributed by atoms with Crippen LogP contribution in [0.4, 0.5) is 0 Å². The fourth-order valence-corrected chi connectivity index (χ4v) is 4.37. The minimum absolute atomic E-state index is 0.0547. The largest absolute Gasteiger partial charge is 0.362 e. The second-order valence-electron chi connectivity index (χ2n) is 5.51. The molecule has 106 valence electrons. The van der Waals surface area contributed by atoms with Crippen LogP contribution < -0.4 is 0 Å². The lowest BCUT2D eigenvalue weighted by Gasteiger charge is -2.33. The smallest absolute Gasteiger partial charge is 0.203 e. The molecule has 20 heavy (non-hydrogen) atoms. The summed E-state index contributed by atoms with van der Waals surface area (Å²) in [6.07, 6.45) is 3.54. The number of ether oxygens (including phenoxy) is 1. The van der Waals surface area contributed by atoms with Crippen LogP contribution in [0.25, 0.3) is 0 Å². The number of rotatable bonds is 2. The highest BCUT2D eigenvalue weighted by molar-refractivity contribution is 7.90. The van der Waals surface area contributed by atoms with Gasteiger partial charge < -0.3 is 4.74 Å². The Hall–Kier alpha value is -1.26. The summed E-state index contributed by atoms with van der Waals surface area (Å²) in [5.41, 5.74) is 0.106. The summed E-state index contributed by atoms with van der Waals surface area (Å²) in [5, 5.41) is 0. The SMILES string of the molecule is CC1=C(S(=O)c2ccccc2)C(=O)C2(CCCC2)OC1. The Kier molecular flexibility index (Phi) is 3.61. The molecule has 1 heterocycles. The zero-order valence-corrected chi connectivity index (χ0v) is 12.4. The summed E-state index contributed by atoms with van der Waals surface area (Å²) in [7, 11) is -1.40. The first kappa shape index (κ1) is 13.7. The number of benzene rings is 1. The lowest BCUT2D eigenvalue weighted by Crippen LogP contribution is -2.44. The average molecular weight is 290 g/mol. The Morgan fingerprint density at radius 2 is 1.80 bits per heavy atom. The van der Waals surface area contributed by atoms with Crippen LogP contribution in [0, 0.1) is 0 Å². The van der Waals surface area contributed by atoms with Gasteiger partial charge in [-0.25, -0.2) is 4.21 Å². The Bertz CT molecular complexity index is 583. The van der Waals surface area contributed by atoms with Crippen LogP contribution in [0.15, 0.2) is 45.7 Å². The summed E-state index contributed by atoms with van der Waals surface area (Å²) in [6, 6.07) is 9.18. The summed E-state index contributed by atoms with van der Waals surface area (Å²) < 4.78 is 18.6. The molecule has 0 radical (unpaired) electrons. The molecule has 1 unspecified atom stereocenters. The molecule has 1 atom stereocenters. The van der Waals surface area contributed by atoms with Gasteiger partial charge in [0.05, 0.1) is 22.3 Å². The highest BCUT2D eigenvalue weighted by atomic mass is 32.2. The Morgan fingerprint density at radius 1 is 1.15 bits per heavy atom. The van der Waals surface area contributed by atoms with Crippen molar-refractivity contribution in [3.8, 4) is 0 Å². The van der Waals surface area contributed by atoms with Gasteiger partial charge in [0, 0.05) is 4.90 Å². The molecule has 3 rings (SSSR count). The minimum atomic E-state index is -1.40. The normalized spacial score (nSPS) is 23.4. The van der Waals surface area contributed by atoms with Crippen molar-refractivity contribution < 1.29 is 13.7 Å². The van der Waals surface area contributed by atoms with Crippen molar-refractivity contribution in [2.24, 2.45) is 0 Å². The minimum Gasteiger partial charge on any atom is -0.362 e. The quantitative estimate of drug-likeness (QED) is 0.841. The number of carbonyl (C=O) groups excluding carboxylic acids is 1. The van der Waals surface area contributed by atoms with E-state index in [1.165, 1.54) is 0 Å². The number of hydrogen-bond donors (Lipinski definition) is 0. The molecular weight excluding hydrogens is 272 g/mol. The van der Waals surface area contributed by atoms with Gasteiger partial charge in [0.15, 0.2) is 0 Å². The third-order valence-electron chi connectivity index (χ3n) is 4.13. The summed E-state index contributed by atoms with van der Waals surface area (Å²) in [5.74, 6) is -0.0547. The molecule has 2 aliphatic rings. The summed E-state index contributed by atoms with van der Waals surface area (Å²) in [6.45, 7) is 2.26. The van der Waals surface area contributed by atoms with Gasteiger partial charge in [-0.2, -0.15) is 0 Å². The number of ketones is 1. The molecule has 1 aliphatic heterocycles. The van der Waals surface area contributed by atoms with Crippen LogP contribution in [0.2, 0.25) is 0 Å². The van der Waals surface area contributed by atoms with E-state index in [1.54, 1.807) is 12.1 Å². The van der Waals surface area contributed by atoms with E-state index in [9.17, 15) is 9.00 Å². The van der Waals surface area contributed by atoms with Gasteiger partial charge in [-0.05, 0) is 50.3 Å². The average Bonchev–Trinajstić information content (AvgIpc) is 2.94. The van der Waals surface area contributed by atoms with Crippen LogP contribution in [0.3, 0.4) is 0 Å². The second-order valence-corrected chi connectivity index (χ2v) is 6.93. The molecule has 1 saturated carbocycles. The fourth-order valence-electron chi connectivity index (χ4n) is 3.00. The van der Waals surface area contributed by atoms with Crippen LogP contribution in [0.1, 0.15) is 32.6 Å². The number of carbonyl (C=O) groups is 1. The standard InChI is InChI=1S/C16H18O3S/c1-12-11-19-16(9-5-6-10-16)15(17)14(12)20(18)13-7-3-2-4-8-13/h2-4,7-8H,5-6,9-11H2,1H3. The number of hydrogen-bond acceptors (Lipinski definition) is 3. The first-order chi connectivity index (χ1) is 9.64. The zero-order valence-electron chi connectivity index (χ0n) is 11.6. The van der Waals surface area contributed by atoms with Crippen molar-refractivity contribution in [1.29, 1.82) is 0 Å². The Labute approximate surface area is 121 Å². The van der Waals surface area contributed by atoms with Gasteiger partial charge in [0.1, 0.15) is 5.60 Å². The maximum Gasteiger partial charge on any atom is 0.203 e. The van der Waals surface area contributed by atoms with Crippen LogP contribution >= 0.6 is 0 Å². The molecule has 0 bridgehead atoms. The van der Waals surface area contributed by atoms with Gasteiger partial charge in [-0.15, -0.1) is 0 Å². The van der Waals surface area contributed by atoms with E-state index in [0.29, 0.717) is 16.4 Å². The van der Waals surface area contributed by atoms with Gasteiger partial charge in [0.25, 0.3) is 0 Å². The first-order valence-corrected chi connectivity index (χ1v) is 8.14. The predicted octanol–water partition coefficient (Wildman–Crippen LogP) is 2.98. The van der Waals surface area contributed by atoms with Gasteiger partial charge in [-0.3, -0.25) is 4.79 Å². The zero-order chi connectivity index (χ0) is 14.2. The topological polar surface area (TPSA) is 43.4 Å². The highest BCUT2D eigenvalue weighted by Gasteiger charge is 2.47. The van der Waals surface area contributed by atoms with E-state index >= 15 is 0 Å². The molecule has 4 heteroatoms. The monoisotopic (exact) mass is 290 g/mol. The molecule has 1 spiro atoms. The molecule has 3 nitrogen and oxygen atoms in total. The Balaban J connectivity index is 1.99. The maximum atomic E-state index is 12.8. The molecule has 1 fully saturated rings. The van der Waals surface area contributed by atoms with Crippen molar-refractivity contribution in [3.63, 3.8) is 0 Å². The third kappa shape index (κ3) is 2.17. The van der Waals surface area contributed by atoms with Crippen molar-refractivity contribution in [1.82, 2.24) is 0 Å². The maximum absolute atomic E-state index is 12.8. The van der Waals surface area contributed by atoms with E-state index in [0.717, 1.165) is 31.3 Å². The van der Waals surface area contributed by atoms with Crippen LogP contribution in [-0.4, -0.2) is 22.2 Å². The van der Waals surface area contributed by atoms with Crippen LogP contribution in [-0.2, 0) is 20.3 Å². The van der Waals surface area contributed by atoms with E-state index < -0.39 is 16.4 Å². The molecule has 1 aromatic carbocycles. The first-order valence-electron chi connectivity index (χ1n) is 6.99. The number of Topliss-reactive ketones (excluding diaryl/α,β-unsaturated/α-hetero) is 1. The molecular formula is C16H18O3S. The highest BCUT2D eigenvalue weighted by Crippen LogP contribution is 2.40. The van der Waals surface area contributed by atoms with Crippen molar-refractivity contribution in [2.45, 2.75) is 43.1 Å². The lowest BCUT2D eigenvalue weighted by atomic mass is 9.92. The van der Waals surface area contributed by atoms with Crippen molar-refractivity contribution in [3.05, 3.63) is 40.8 Å². The summed E-state index contributed by atoms with van der Waals surface area (Å²) >= 11 is 0. The van der Waals surface area contributed by atoms with Crippen LogP contribution in [0.5, 0.6) is 0 Å². The van der Waals surface area contributed by atoms with Gasteiger partial charge in [-0.1, -0.05) is 18.2 Å².